The van der Waals surface area contributed by atoms with Crippen molar-refractivity contribution >= 4 is 21.9 Å². The second-order valence-electron chi connectivity index (χ2n) is 8.82. The Balaban J connectivity index is 1.52. The lowest BCUT2D eigenvalue weighted by Gasteiger charge is -2.26. The number of carbonyl (C=O) groups is 1. The van der Waals surface area contributed by atoms with Crippen LogP contribution < -0.4 is 0 Å². The maximum atomic E-state index is 12.7. The van der Waals surface area contributed by atoms with Gasteiger partial charge in [-0.3, -0.25) is 4.79 Å². The summed E-state index contributed by atoms with van der Waals surface area (Å²) in [5.41, 5.74) is 3.13. The van der Waals surface area contributed by atoms with E-state index in [2.05, 4.69) is 15.9 Å². The summed E-state index contributed by atoms with van der Waals surface area (Å²) in [7, 11) is 0. The lowest BCUT2D eigenvalue weighted by Crippen LogP contribution is -2.43. The zero-order valence-electron chi connectivity index (χ0n) is 20.9. The number of hydrogen-bond acceptors (Lipinski definition) is 6. The minimum atomic E-state index is -0.713. The summed E-state index contributed by atoms with van der Waals surface area (Å²) in [5, 5.41) is 0. The van der Waals surface area contributed by atoms with Crippen LogP contribution in [0.5, 0.6) is 0 Å². The van der Waals surface area contributed by atoms with E-state index in [0.29, 0.717) is 26.4 Å². The van der Waals surface area contributed by atoms with Gasteiger partial charge < -0.3 is 23.7 Å². The van der Waals surface area contributed by atoms with Crippen LogP contribution in [0.4, 0.5) is 0 Å². The average Bonchev–Trinajstić information content (AvgIpc) is 3.29. The van der Waals surface area contributed by atoms with E-state index in [0.717, 1.165) is 16.7 Å². The first-order chi connectivity index (χ1) is 18.2. The molecule has 1 saturated heterocycles. The van der Waals surface area contributed by atoms with Crippen LogP contribution in [-0.4, -0.2) is 48.4 Å². The van der Waals surface area contributed by atoms with E-state index in [1.54, 1.807) is 6.92 Å². The van der Waals surface area contributed by atoms with Gasteiger partial charge in [-0.05, 0) is 23.6 Å². The van der Waals surface area contributed by atoms with E-state index in [-0.39, 0.29) is 6.61 Å². The zero-order chi connectivity index (χ0) is 25.9. The molecule has 1 fully saturated rings. The quantitative estimate of drug-likeness (QED) is 0.201. The molecular weight excluding hydrogens is 536 g/mol. The normalized spacial score (nSPS) is 22.0. The molecule has 1 aliphatic heterocycles. The first-order valence-electron chi connectivity index (χ1n) is 12.5. The number of benzene rings is 3. The maximum Gasteiger partial charge on any atom is 0.322 e. The fourth-order valence-corrected chi connectivity index (χ4v) is 4.83. The molecule has 6 nitrogen and oxygen atoms in total. The Labute approximate surface area is 227 Å². The van der Waals surface area contributed by atoms with Crippen molar-refractivity contribution in [2.24, 2.45) is 0 Å². The SMILES string of the molecule is CCOC(=O)C(Br)C1O[C@H](COCc2ccccc2)[C@@H](OCc2ccccc2)[C@H]1OCc1ccccc1. The Morgan fingerprint density at radius 3 is 1.78 bits per heavy atom. The van der Waals surface area contributed by atoms with Crippen molar-refractivity contribution in [2.45, 2.75) is 56.0 Å². The van der Waals surface area contributed by atoms with Crippen LogP contribution in [-0.2, 0) is 48.3 Å². The van der Waals surface area contributed by atoms with Crippen molar-refractivity contribution < 1.29 is 28.5 Å². The molecule has 2 unspecified atom stereocenters. The van der Waals surface area contributed by atoms with Gasteiger partial charge in [-0.25, -0.2) is 0 Å². The van der Waals surface area contributed by atoms with E-state index in [9.17, 15) is 4.79 Å². The minimum absolute atomic E-state index is 0.279. The Bertz CT molecular complexity index is 1070. The third-order valence-corrected chi connectivity index (χ3v) is 7.01. The summed E-state index contributed by atoms with van der Waals surface area (Å²) < 4.78 is 30.5. The number of halogens is 1. The van der Waals surface area contributed by atoms with Gasteiger partial charge in [-0.1, -0.05) is 107 Å². The van der Waals surface area contributed by atoms with Crippen LogP contribution in [0, 0.1) is 0 Å². The van der Waals surface area contributed by atoms with Gasteiger partial charge in [0.05, 0.1) is 33.0 Å². The molecule has 3 aromatic rings. The fraction of sp³-hybridized carbons (Fsp3) is 0.367. The molecule has 0 N–H and O–H groups in total. The third-order valence-electron chi connectivity index (χ3n) is 6.11. The van der Waals surface area contributed by atoms with Crippen LogP contribution in [0.15, 0.2) is 91.0 Å². The van der Waals surface area contributed by atoms with Gasteiger partial charge in [0.1, 0.15) is 29.2 Å². The van der Waals surface area contributed by atoms with E-state index in [1.165, 1.54) is 0 Å². The molecule has 1 heterocycles. The highest BCUT2D eigenvalue weighted by atomic mass is 79.9. The van der Waals surface area contributed by atoms with E-state index in [4.69, 9.17) is 23.7 Å². The largest absolute Gasteiger partial charge is 0.465 e. The number of carbonyl (C=O) groups excluding carboxylic acids is 1. The van der Waals surface area contributed by atoms with Crippen molar-refractivity contribution in [3.63, 3.8) is 0 Å². The molecule has 5 atom stereocenters. The second kappa shape index (κ2) is 14.4. The molecule has 1 aliphatic rings. The molecule has 37 heavy (non-hydrogen) atoms. The summed E-state index contributed by atoms with van der Waals surface area (Å²) in [4.78, 5) is 12.0. The second-order valence-corrected chi connectivity index (χ2v) is 9.80. The highest BCUT2D eigenvalue weighted by Gasteiger charge is 2.51. The molecule has 0 aliphatic carbocycles. The van der Waals surface area contributed by atoms with Crippen LogP contribution in [0.3, 0.4) is 0 Å². The van der Waals surface area contributed by atoms with Crippen molar-refractivity contribution in [1.29, 1.82) is 0 Å². The zero-order valence-corrected chi connectivity index (χ0v) is 22.5. The predicted octanol–water partition coefficient (Wildman–Crippen LogP) is 5.47. The molecule has 0 radical (unpaired) electrons. The lowest BCUT2D eigenvalue weighted by atomic mass is 10.0. The number of hydrogen-bond donors (Lipinski definition) is 0. The summed E-state index contributed by atoms with van der Waals surface area (Å²) in [6.07, 6.45) is -2.04. The standard InChI is InChI=1S/C30H33BrO6/c1-2-34-30(32)26(31)28-29(36-20-24-16-10-5-11-17-24)27(35-19-23-14-8-4-9-15-23)25(37-28)21-33-18-22-12-6-3-7-13-22/h3-17,25-29H,2,18-21H2,1H3/t25-,26?,27-,28?,29-/m1/s1. The molecule has 196 valence electrons. The molecule has 3 aromatic carbocycles. The molecule has 7 heteroatoms. The molecular formula is C30H33BrO6. The van der Waals surface area contributed by atoms with Gasteiger partial charge in [-0.15, -0.1) is 0 Å². The van der Waals surface area contributed by atoms with E-state index in [1.807, 2.05) is 91.0 Å². The van der Waals surface area contributed by atoms with Crippen molar-refractivity contribution in [3.8, 4) is 0 Å². The monoisotopic (exact) mass is 568 g/mol. The maximum absolute atomic E-state index is 12.7. The Hall–Kier alpha value is -2.55. The summed E-state index contributed by atoms with van der Waals surface area (Å²) in [6, 6.07) is 29.8. The Morgan fingerprint density at radius 1 is 0.784 bits per heavy atom. The van der Waals surface area contributed by atoms with Gasteiger partial charge in [-0.2, -0.15) is 0 Å². The summed E-state index contributed by atoms with van der Waals surface area (Å²) in [6.45, 7) is 3.54. The number of alkyl halides is 1. The van der Waals surface area contributed by atoms with Crippen molar-refractivity contribution in [2.75, 3.05) is 13.2 Å². The van der Waals surface area contributed by atoms with Crippen LogP contribution in [0.25, 0.3) is 0 Å². The number of rotatable bonds is 13. The number of esters is 1. The minimum Gasteiger partial charge on any atom is -0.465 e. The topological polar surface area (TPSA) is 63.2 Å². The van der Waals surface area contributed by atoms with E-state index < -0.39 is 35.2 Å². The molecule has 0 amide bonds. The highest BCUT2D eigenvalue weighted by molar-refractivity contribution is 9.10. The summed E-state index contributed by atoms with van der Waals surface area (Å²) in [5.74, 6) is -0.395. The molecule has 0 spiro atoms. The van der Waals surface area contributed by atoms with Crippen molar-refractivity contribution in [1.82, 2.24) is 0 Å². The molecule has 0 saturated carbocycles. The van der Waals surface area contributed by atoms with Crippen LogP contribution in [0.2, 0.25) is 0 Å². The predicted molar refractivity (Wildman–Crippen MR) is 144 cm³/mol. The first kappa shape index (κ1) is 27.5. The Morgan fingerprint density at radius 2 is 1.27 bits per heavy atom. The van der Waals surface area contributed by atoms with Gasteiger partial charge in [0.25, 0.3) is 0 Å². The fourth-order valence-electron chi connectivity index (χ4n) is 4.27. The Kier molecular flexibility index (Phi) is 10.7. The van der Waals surface area contributed by atoms with Crippen LogP contribution >= 0.6 is 15.9 Å². The molecule has 0 aromatic heterocycles. The highest BCUT2D eigenvalue weighted by Crippen LogP contribution is 2.33. The third kappa shape index (κ3) is 7.97. The molecule has 4 rings (SSSR count). The number of ether oxygens (including phenoxy) is 5. The average molecular weight is 569 g/mol. The van der Waals surface area contributed by atoms with Crippen molar-refractivity contribution in [3.05, 3.63) is 108 Å². The summed E-state index contributed by atoms with van der Waals surface area (Å²) >= 11 is 3.52. The van der Waals surface area contributed by atoms with Gasteiger partial charge in [0.15, 0.2) is 0 Å². The van der Waals surface area contributed by atoms with Gasteiger partial charge in [0.2, 0.25) is 0 Å². The smallest absolute Gasteiger partial charge is 0.322 e. The van der Waals surface area contributed by atoms with Gasteiger partial charge >= 0.3 is 5.97 Å². The van der Waals surface area contributed by atoms with Crippen LogP contribution in [0.1, 0.15) is 23.6 Å². The first-order valence-corrected chi connectivity index (χ1v) is 13.5. The molecule has 0 bridgehead atoms. The van der Waals surface area contributed by atoms with Gasteiger partial charge in [0, 0.05) is 0 Å². The van der Waals surface area contributed by atoms with E-state index >= 15 is 0 Å². The lowest BCUT2D eigenvalue weighted by molar-refractivity contribution is -0.147.